The topological polar surface area (TPSA) is 55.1 Å². The molecule has 0 saturated carbocycles. The molecular weight excluding hydrogens is 244 g/mol. The predicted octanol–water partition coefficient (Wildman–Crippen LogP) is 3.00. The highest BCUT2D eigenvalue weighted by Gasteiger charge is 2.07. The van der Waals surface area contributed by atoms with Crippen LogP contribution in [-0.4, -0.2) is 10.9 Å². The average molecular weight is 264 g/mol. The number of benzene rings is 1. The third kappa shape index (κ3) is 4.45. The molecule has 0 aliphatic carbocycles. The van der Waals surface area contributed by atoms with E-state index in [2.05, 4.69) is 19.2 Å². The highest BCUT2D eigenvalue weighted by Crippen LogP contribution is 2.17. The van der Waals surface area contributed by atoms with Gasteiger partial charge in [0.15, 0.2) is 0 Å². The zero-order valence-electron chi connectivity index (χ0n) is 11.1. The van der Waals surface area contributed by atoms with Crippen molar-refractivity contribution in [1.29, 1.82) is 0 Å². The number of nitrogens with two attached hydrogens (primary N) is 1. The molecule has 0 aliphatic rings. The molecule has 98 valence electrons. The monoisotopic (exact) mass is 264 g/mol. The Hall–Kier alpha value is -1.42. The van der Waals surface area contributed by atoms with Gasteiger partial charge in [0.05, 0.1) is 0 Å². The summed E-state index contributed by atoms with van der Waals surface area (Å²) < 4.78 is 0. The number of carbonyl (C=O) groups is 1. The summed E-state index contributed by atoms with van der Waals surface area (Å²) in [6.45, 7) is 6.15. The van der Waals surface area contributed by atoms with Crippen molar-refractivity contribution in [3.05, 3.63) is 29.3 Å². The van der Waals surface area contributed by atoms with E-state index in [-0.39, 0.29) is 5.91 Å². The lowest BCUT2D eigenvalue weighted by atomic mass is 10.1. The van der Waals surface area contributed by atoms with Crippen LogP contribution in [0.3, 0.4) is 0 Å². The van der Waals surface area contributed by atoms with Gasteiger partial charge in [0.2, 0.25) is 5.91 Å². The third-order valence-electron chi connectivity index (χ3n) is 2.74. The van der Waals surface area contributed by atoms with Gasteiger partial charge in [-0.05, 0) is 30.9 Å². The second-order valence-corrected chi connectivity index (χ2v) is 5.31. The number of hydrogen-bond donors (Lipinski definition) is 2. The summed E-state index contributed by atoms with van der Waals surface area (Å²) in [4.78, 5) is 12.1. The zero-order chi connectivity index (χ0) is 13.7. The smallest absolute Gasteiger partial charge is 0.224 e. The summed E-state index contributed by atoms with van der Waals surface area (Å²) in [5.74, 6) is 0.562. The quantitative estimate of drug-likeness (QED) is 0.804. The first-order valence-corrected chi connectivity index (χ1v) is 6.51. The number of amides is 1. The SMILES string of the molecule is Cc1ccc(C(N)=S)cc1NC(=O)CCC(C)C. The van der Waals surface area contributed by atoms with Gasteiger partial charge in [0.25, 0.3) is 0 Å². The Morgan fingerprint density at radius 2 is 2.11 bits per heavy atom. The van der Waals surface area contributed by atoms with Crippen molar-refractivity contribution in [3.8, 4) is 0 Å². The Balaban J connectivity index is 2.74. The molecule has 0 aromatic heterocycles. The van der Waals surface area contributed by atoms with E-state index in [1.54, 1.807) is 0 Å². The lowest BCUT2D eigenvalue weighted by Gasteiger charge is -2.11. The van der Waals surface area contributed by atoms with Crippen LogP contribution in [0.1, 0.15) is 37.8 Å². The number of aryl methyl sites for hydroxylation is 1. The van der Waals surface area contributed by atoms with Crippen molar-refractivity contribution in [3.63, 3.8) is 0 Å². The maximum Gasteiger partial charge on any atom is 0.224 e. The molecule has 0 saturated heterocycles. The van der Waals surface area contributed by atoms with E-state index >= 15 is 0 Å². The van der Waals surface area contributed by atoms with Crippen LogP contribution < -0.4 is 11.1 Å². The van der Waals surface area contributed by atoms with Gasteiger partial charge in [0, 0.05) is 17.7 Å². The second kappa shape index (κ2) is 6.50. The summed E-state index contributed by atoms with van der Waals surface area (Å²) in [5, 5.41) is 2.91. The molecular formula is C14H20N2OS. The van der Waals surface area contributed by atoms with Crippen LogP contribution in [0, 0.1) is 12.8 Å². The molecule has 0 fully saturated rings. The number of thiocarbonyl (C=S) groups is 1. The fraction of sp³-hybridized carbons (Fsp3) is 0.429. The molecule has 0 bridgehead atoms. The van der Waals surface area contributed by atoms with E-state index in [1.807, 2.05) is 25.1 Å². The van der Waals surface area contributed by atoms with Crippen molar-refractivity contribution < 1.29 is 4.79 Å². The largest absolute Gasteiger partial charge is 0.389 e. The van der Waals surface area contributed by atoms with E-state index in [1.165, 1.54) is 0 Å². The fourth-order valence-corrected chi connectivity index (χ4v) is 1.67. The molecule has 3 N–H and O–H groups in total. The van der Waals surface area contributed by atoms with Gasteiger partial charge in [-0.3, -0.25) is 4.79 Å². The molecule has 0 unspecified atom stereocenters. The molecule has 0 aliphatic heterocycles. The highest BCUT2D eigenvalue weighted by molar-refractivity contribution is 7.80. The minimum Gasteiger partial charge on any atom is -0.389 e. The molecule has 4 heteroatoms. The maximum absolute atomic E-state index is 11.8. The summed E-state index contributed by atoms with van der Waals surface area (Å²) in [6.07, 6.45) is 1.42. The Kier molecular flexibility index (Phi) is 5.28. The lowest BCUT2D eigenvalue weighted by molar-refractivity contribution is -0.116. The third-order valence-corrected chi connectivity index (χ3v) is 2.98. The van der Waals surface area contributed by atoms with Gasteiger partial charge in [-0.25, -0.2) is 0 Å². The van der Waals surface area contributed by atoms with Gasteiger partial charge in [-0.15, -0.1) is 0 Å². The average Bonchev–Trinajstić information content (AvgIpc) is 2.29. The molecule has 0 radical (unpaired) electrons. The van der Waals surface area contributed by atoms with Crippen LogP contribution in [0.15, 0.2) is 18.2 Å². The lowest BCUT2D eigenvalue weighted by Crippen LogP contribution is -2.15. The van der Waals surface area contributed by atoms with Gasteiger partial charge in [0.1, 0.15) is 4.99 Å². The van der Waals surface area contributed by atoms with Gasteiger partial charge < -0.3 is 11.1 Å². The van der Waals surface area contributed by atoms with Crippen LogP contribution >= 0.6 is 12.2 Å². The molecule has 1 amide bonds. The van der Waals surface area contributed by atoms with Crippen LogP contribution in [0.4, 0.5) is 5.69 Å². The molecule has 1 aromatic rings. The minimum atomic E-state index is 0.0342. The Bertz CT molecular complexity index is 455. The first-order valence-electron chi connectivity index (χ1n) is 6.10. The van der Waals surface area contributed by atoms with E-state index < -0.39 is 0 Å². The zero-order valence-corrected chi connectivity index (χ0v) is 11.9. The Morgan fingerprint density at radius 1 is 1.44 bits per heavy atom. The van der Waals surface area contributed by atoms with Crippen LogP contribution in [0.5, 0.6) is 0 Å². The molecule has 0 atom stereocenters. The van der Waals surface area contributed by atoms with Crippen molar-refractivity contribution in [2.24, 2.45) is 11.7 Å². The molecule has 18 heavy (non-hydrogen) atoms. The van der Waals surface area contributed by atoms with E-state index in [0.717, 1.165) is 23.2 Å². The fourth-order valence-electron chi connectivity index (χ4n) is 1.54. The number of carbonyl (C=O) groups excluding carboxylic acids is 1. The Morgan fingerprint density at radius 3 is 2.67 bits per heavy atom. The normalized spacial score (nSPS) is 10.4. The molecule has 0 spiro atoms. The second-order valence-electron chi connectivity index (χ2n) is 4.87. The highest BCUT2D eigenvalue weighted by atomic mass is 32.1. The van der Waals surface area contributed by atoms with Gasteiger partial charge in [-0.2, -0.15) is 0 Å². The van der Waals surface area contributed by atoms with Crippen LogP contribution in [0.25, 0.3) is 0 Å². The minimum absolute atomic E-state index is 0.0342. The summed E-state index contributed by atoms with van der Waals surface area (Å²) in [7, 11) is 0. The van der Waals surface area contributed by atoms with Crippen LogP contribution in [-0.2, 0) is 4.79 Å². The predicted molar refractivity (Wildman–Crippen MR) is 79.8 cm³/mol. The summed E-state index contributed by atoms with van der Waals surface area (Å²) in [5.41, 5.74) is 8.15. The molecule has 1 rings (SSSR count). The van der Waals surface area contributed by atoms with Crippen molar-refractivity contribution in [2.75, 3.05) is 5.32 Å². The maximum atomic E-state index is 11.8. The summed E-state index contributed by atoms with van der Waals surface area (Å²) >= 11 is 4.93. The van der Waals surface area contributed by atoms with E-state index in [0.29, 0.717) is 17.3 Å². The number of anilines is 1. The number of rotatable bonds is 5. The van der Waals surface area contributed by atoms with Crippen LogP contribution in [0.2, 0.25) is 0 Å². The Labute approximate surface area is 114 Å². The van der Waals surface area contributed by atoms with Gasteiger partial charge in [-0.1, -0.05) is 38.2 Å². The number of hydrogen-bond acceptors (Lipinski definition) is 2. The molecule has 1 aromatic carbocycles. The van der Waals surface area contributed by atoms with Crippen molar-refractivity contribution >= 4 is 28.8 Å². The van der Waals surface area contributed by atoms with Gasteiger partial charge >= 0.3 is 0 Å². The summed E-state index contributed by atoms with van der Waals surface area (Å²) in [6, 6.07) is 5.60. The molecule has 3 nitrogen and oxygen atoms in total. The first kappa shape index (κ1) is 14.6. The van der Waals surface area contributed by atoms with E-state index in [4.69, 9.17) is 18.0 Å². The number of nitrogens with one attached hydrogen (secondary N) is 1. The standard InChI is InChI=1S/C14H20N2OS/c1-9(2)4-7-13(17)16-12-8-11(14(15)18)6-5-10(12)3/h5-6,8-9H,4,7H2,1-3H3,(H2,15,18)(H,16,17). The first-order chi connectivity index (χ1) is 8.40. The van der Waals surface area contributed by atoms with Crippen molar-refractivity contribution in [1.82, 2.24) is 0 Å². The molecule has 0 heterocycles. The van der Waals surface area contributed by atoms with Crippen molar-refractivity contribution in [2.45, 2.75) is 33.6 Å². The van der Waals surface area contributed by atoms with E-state index in [9.17, 15) is 4.79 Å².